The zero-order chi connectivity index (χ0) is 13.4. The molecule has 0 radical (unpaired) electrons. The van der Waals surface area contributed by atoms with Crippen LogP contribution < -0.4 is 0 Å². The highest BCUT2D eigenvalue weighted by molar-refractivity contribution is 5.74. The molecule has 1 saturated heterocycles. The van der Waals surface area contributed by atoms with Crippen molar-refractivity contribution in [2.45, 2.75) is 44.7 Å². The Kier molecular flexibility index (Phi) is 3.31. The molecule has 2 fully saturated rings. The van der Waals surface area contributed by atoms with Crippen LogP contribution in [0, 0.1) is 5.92 Å². The summed E-state index contributed by atoms with van der Waals surface area (Å²) in [6, 6.07) is 8.43. The van der Waals surface area contributed by atoms with Crippen molar-refractivity contribution in [3.05, 3.63) is 35.4 Å². The lowest BCUT2D eigenvalue weighted by Crippen LogP contribution is -2.38. The van der Waals surface area contributed by atoms with Gasteiger partial charge in [-0.15, -0.1) is 0 Å². The fourth-order valence-electron chi connectivity index (χ4n) is 3.15. The highest BCUT2D eigenvalue weighted by atomic mass is 16.4. The van der Waals surface area contributed by atoms with Crippen LogP contribution in [0.1, 0.15) is 43.2 Å². The van der Waals surface area contributed by atoms with Crippen LogP contribution in [0.2, 0.25) is 0 Å². The molecule has 2 aliphatic rings. The number of likely N-dealkylation sites (tertiary alicyclic amines) is 1. The van der Waals surface area contributed by atoms with E-state index in [0.29, 0.717) is 0 Å². The molecular weight excluding hydrogens is 238 g/mol. The van der Waals surface area contributed by atoms with Crippen LogP contribution in [-0.2, 0) is 11.3 Å². The summed E-state index contributed by atoms with van der Waals surface area (Å²) in [5, 5.41) is 9.32. The molecule has 1 aromatic carbocycles. The third-order valence-corrected chi connectivity index (χ3v) is 4.47. The molecule has 3 rings (SSSR count). The Morgan fingerprint density at radius 1 is 1.26 bits per heavy atom. The van der Waals surface area contributed by atoms with E-state index in [4.69, 9.17) is 0 Å². The summed E-state index contributed by atoms with van der Waals surface area (Å²) in [4.78, 5) is 13.4. The molecule has 1 heterocycles. The first-order chi connectivity index (χ1) is 9.15. The lowest BCUT2D eigenvalue weighted by Gasteiger charge is -2.23. The predicted molar refractivity (Wildman–Crippen MR) is 74.0 cm³/mol. The lowest BCUT2D eigenvalue weighted by atomic mass is 10.0. The van der Waals surface area contributed by atoms with Crippen LogP contribution in [0.15, 0.2) is 24.3 Å². The first-order valence-electron chi connectivity index (χ1n) is 7.21. The number of hydrogen-bond donors (Lipinski definition) is 1. The fourth-order valence-corrected chi connectivity index (χ4v) is 3.15. The van der Waals surface area contributed by atoms with E-state index < -0.39 is 5.97 Å². The van der Waals surface area contributed by atoms with Crippen molar-refractivity contribution in [1.82, 2.24) is 4.90 Å². The number of carbonyl (C=O) groups is 1. The summed E-state index contributed by atoms with van der Waals surface area (Å²) < 4.78 is 0. The Morgan fingerprint density at radius 3 is 2.53 bits per heavy atom. The van der Waals surface area contributed by atoms with Crippen molar-refractivity contribution in [2.75, 3.05) is 6.54 Å². The molecule has 3 nitrogen and oxygen atoms in total. The van der Waals surface area contributed by atoms with Crippen molar-refractivity contribution in [2.24, 2.45) is 5.92 Å². The standard InChI is InChI=1S/C16H21NO2/c1-11-8-9-17(15(11)16(18)19)10-12-2-4-13(5-3-12)14-6-7-14/h2-5,11,14-15H,6-10H2,1H3,(H,18,19). The molecule has 2 unspecified atom stereocenters. The minimum Gasteiger partial charge on any atom is -0.480 e. The molecule has 102 valence electrons. The van der Waals surface area contributed by atoms with Crippen molar-refractivity contribution in [1.29, 1.82) is 0 Å². The van der Waals surface area contributed by atoms with Crippen molar-refractivity contribution in [3.8, 4) is 0 Å². The molecular formula is C16H21NO2. The summed E-state index contributed by atoms with van der Waals surface area (Å²) in [7, 11) is 0. The van der Waals surface area contributed by atoms with Gasteiger partial charge in [0.05, 0.1) is 0 Å². The van der Waals surface area contributed by atoms with Crippen molar-refractivity contribution in [3.63, 3.8) is 0 Å². The Labute approximate surface area is 114 Å². The van der Waals surface area contributed by atoms with Crippen molar-refractivity contribution < 1.29 is 9.90 Å². The van der Waals surface area contributed by atoms with Gasteiger partial charge in [0.15, 0.2) is 0 Å². The summed E-state index contributed by atoms with van der Waals surface area (Å²) >= 11 is 0. The Morgan fingerprint density at radius 2 is 1.95 bits per heavy atom. The number of hydrogen-bond acceptors (Lipinski definition) is 2. The van der Waals surface area contributed by atoms with Gasteiger partial charge in [-0.05, 0) is 48.8 Å². The molecule has 3 heteroatoms. The number of carboxylic acid groups (broad SMARTS) is 1. The molecule has 1 aliphatic heterocycles. The fraction of sp³-hybridized carbons (Fsp3) is 0.562. The molecule has 0 bridgehead atoms. The minimum atomic E-state index is -0.681. The zero-order valence-corrected chi connectivity index (χ0v) is 11.4. The monoisotopic (exact) mass is 259 g/mol. The number of nitrogens with zero attached hydrogens (tertiary/aromatic N) is 1. The first-order valence-corrected chi connectivity index (χ1v) is 7.21. The van der Waals surface area contributed by atoms with Gasteiger partial charge in [0, 0.05) is 6.54 Å². The number of rotatable bonds is 4. The number of carboxylic acids is 1. The van der Waals surface area contributed by atoms with Crippen LogP contribution in [0.25, 0.3) is 0 Å². The molecule has 0 aromatic heterocycles. The Bertz CT molecular complexity index is 464. The summed E-state index contributed by atoms with van der Waals surface area (Å²) in [6.07, 6.45) is 3.63. The Balaban J connectivity index is 1.68. The molecule has 1 saturated carbocycles. The number of benzene rings is 1. The summed E-state index contributed by atoms with van der Waals surface area (Å²) in [6.45, 7) is 3.68. The maximum Gasteiger partial charge on any atom is 0.321 e. The van der Waals surface area contributed by atoms with Crippen molar-refractivity contribution >= 4 is 5.97 Å². The SMILES string of the molecule is CC1CCN(Cc2ccc(C3CC3)cc2)C1C(=O)O. The van der Waals surface area contributed by atoms with Gasteiger partial charge in [-0.25, -0.2) is 0 Å². The molecule has 2 atom stereocenters. The van der Waals surface area contributed by atoms with Gasteiger partial charge in [-0.2, -0.15) is 0 Å². The van der Waals surface area contributed by atoms with E-state index in [9.17, 15) is 9.90 Å². The van der Waals surface area contributed by atoms with E-state index in [1.54, 1.807) is 0 Å². The third-order valence-electron chi connectivity index (χ3n) is 4.47. The molecule has 0 spiro atoms. The van der Waals surface area contributed by atoms with Gasteiger partial charge in [0.2, 0.25) is 0 Å². The van der Waals surface area contributed by atoms with Crippen LogP contribution in [-0.4, -0.2) is 28.6 Å². The number of aliphatic carboxylic acids is 1. The molecule has 1 aromatic rings. The van der Waals surface area contributed by atoms with E-state index in [1.807, 2.05) is 6.92 Å². The topological polar surface area (TPSA) is 40.5 Å². The highest BCUT2D eigenvalue weighted by Crippen LogP contribution is 2.40. The van der Waals surface area contributed by atoms with E-state index in [-0.39, 0.29) is 12.0 Å². The normalized spacial score (nSPS) is 27.6. The molecule has 19 heavy (non-hydrogen) atoms. The second-order valence-electron chi connectivity index (χ2n) is 6.04. The van der Waals surface area contributed by atoms with Crippen LogP contribution in [0.4, 0.5) is 0 Å². The van der Waals surface area contributed by atoms with E-state index in [1.165, 1.54) is 24.0 Å². The van der Waals surface area contributed by atoms with E-state index >= 15 is 0 Å². The van der Waals surface area contributed by atoms with Gasteiger partial charge in [-0.3, -0.25) is 9.69 Å². The van der Waals surface area contributed by atoms with Crippen LogP contribution >= 0.6 is 0 Å². The summed E-state index contributed by atoms with van der Waals surface area (Å²) in [5.74, 6) is 0.357. The minimum absolute atomic E-state index is 0.253. The molecule has 1 aliphatic carbocycles. The maximum absolute atomic E-state index is 11.3. The maximum atomic E-state index is 11.3. The highest BCUT2D eigenvalue weighted by Gasteiger charge is 2.36. The third kappa shape index (κ3) is 2.66. The van der Waals surface area contributed by atoms with Gasteiger partial charge >= 0.3 is 5.97 Å². The average Bonchev–Trinajstić information content (AvgIpc) is 3.15. The Hall–Kier alpha value is -1.35. The molecule has 1 N–H and O–H groups in total. The van der Waals surface area contributed by atoms with E-state index in [0.717, 1.165) is 25.4 Å². The smallest absolute Gasteiger partial charge is 0.321 e. The van der Waals surface area contributed by atoms with Gasteiger partial charge < -0.3 is 5.11 Å². The lowest BCUT2D eigenvalue weighted by molar-refractivity contribution is -0.143. The van der Waals surface area contributed by atoms with Gasteiger partial charge in [0.1, 0.15) is 6.04 Å². The summed E-state index contributed by atoms with van der Waals surface area (Å²) in [5.41, 5.74) is 2.66. The second kappa shape index (κ2) is 4.97. The quantitative estimate of drug-likeness (QED) is 0.904. The van der Waals surface area contributed by atoms with Crippen LogP contribution in [0.3, 0.4) is 0 Å². The largest absolute Gasteiger partial charge is 0.480 e. The van der Waals surface area contributed by atoms with E-state index in [2.05, 4.69) is 29.2 Å². The predicted octanol–water partition coefficient (Wildman–Crippen LogP) is 2.86. The average molecular weight is 259 g/mol. The van der Waals surface area contributed by atoms with Crippen LogP contribution in [0.5, 0.6) is 0 Å². The first kappa shape index (κ1) is 12.7. The second-order valence-corrected chi connectivity index (χ2v) is 6.04. The van der Waals surface area contributed by atoms with Gasteiger partial charge in [-0.1, -0.05) is 31.2 Å². The molecule has 0 amide bonds. The zero-order valence-electron chi connectivity index (χ0n) is 11.4. The van der Waals surface area contributed by atoms with Gasteiger partial charge in [0.25, 0.3) is 0 Å².